The minimum absolute atomic E-state index is 0.377. The van der Waals surface area contributed by atoms with Gasteiger partial charge in [-0.25, -0.2) is 0 Å². The maximum Gasteiger partial charge on any atom is 0.248 e. The maximum atomic E-state index is 11.2. The van der Waals surface area contributed by atoms with E-state index in [1.165, 1.54) is 36.9 Å². The fourth-order valence-electron chi connectivity index (χ4n) is 3.09. The second kappa shape index (κ2) is 6.65. The molecule has 22 heavy (non-hydrogen) atoms. The second-order valence-electron chi connectivity index (χ2n) is 6.06. The van der Waals surface area contributed by atoms with Gasteiger partial charge in [-0.1, -0.05) is 37.1 Å². The van der Waals surface area contributed by atoms with Crippen LogP contribution in [0.2, 0.25) is 0 Å². The summed E-state index contributed by atoms with van der Waals surface area (Å²) < 4.78 is 0. The average molecular weight is 294 g/mol. The number of rotatable bonds is 5. The van der Waals surface area contributed by atoms with E-state index in [9.17, 15) is 4.79 Å². The molecule has 0 atom stereocenters. The Morgan fingerprint density at radius 1 is 1.05 bits per heavy atom. The van der Waals surface area contributed by atoms with E-state index in [-0.39, 0.29) is 5.91 Å². The summed E-state index contributed by atoms with van der Waals surface area (Å²) in [7, 11) is 0. The summed E-state index contributed by atoms with van der Waals surface area (Å²) in [4.78, 5) is 11.2. The lowest BCUT2D eigenvalue weighted by Crippen LogP contribution is -2.14. The van der Waals surface area contributed by atoms with Crippen LogP contribution in [0.4, 0.5) is 5.69 Å². The van der Waals surface area contributed by atoms with Crippen LogP contribution in [0.15, 0.2) is 48.5 Å². The summed E-state index contributed by atoms with van der Waals surface area (Å²) in [5.74, 6) is -0.377. The first kappa shape index (κ1) is 14.6. The lowest BCUT2D eigenvalue weighted by atomic mass is 10.0. The number of primary amides is 1. The highest BCUT2D eigenvalue weighted by atomic mass is 16.1. The van der Waals surface area contributed by atoms with Crippen LogP contribution in [0, 0.1) is 0 Å². The summed E-state index contributed by atoms with van der Waals surface area (Å²) in [6, 6.07) is 16.7. The molecule has 0 spiro atoms. The number of hydrogen-bond acceptors (Lipinski definition) is 2. The third kappa shape index (κ3) is 3.67. The molecule has 3 rings (SSSR count). The van der Waals surface area contributed by atoms with Gasteiger partial charge in [0.1, 0.15) is 0 Å². The van der Waals surface area contributed by atoms with Crippen LogP contribution in [-0.4, -0.2) is 11.9 Å². The van der Waals surface area contributed by atoms with Crippen LogP contribution in [0.5, 0.6) is 0 Å². The number of anilines is 1. The fraction of sp³-hybridized carbons (Fsp3) is 0.316. The molecule has 1 fully saturated rings. The Hall–Kier alpha value is -2.29. The Labute approximate surface area is 131 Å². The van der Waals surface area contributed by atoms with Gasteiger partial charge >= 0.3 is 0 Å². The number of amides is 1. The maximum absolute atomic E-state index is 11.2. The molecule has 1 aliphatic rings. The first-order valence-electron chi connectivity index (χ1n) is 7.95. The predicted octanol–water partition coefficient (Wildman–Crippen LogP) is 3.73. The van der Waals surface area contributed by atoms with Gasteiger partial charge in [0, 0.05) is 17.3 Å². The van der Waals surface area contributed by atoms with E-state index in [1.807, 2.05) is 18.2 Å². The van der Waals surface area contributed by atoms with Crippen molar-refractivity contribution in [2.75, 3.05) is 5.32 Å². The van der Waals surface area contributed by atoms with Gasteiger partial charge in [0.15, 0.2) is 0 Å². The highest BCUT2D eigenvalue weighted by molar-refractivity contribution is 5.92. The molecule has 3 nitrogen and oxygen atoms in total. The van der Waals surface area contributed by atoms with Gasteiger partial charge in [-0.3, -0.25) is 4.79 Å². The number of benzene rings is 2. The van der Waals surface area contributed by atoms with Crippen molar-refractivity contribution in [3.8, 4) is 0 Å². The smallest absolute Gasteiger partial charge is 0.248 e. The number of nitrogens with one attached hydrogen (secondary N) is 1. The van der Waals surface area contributed by atoms with Crippen LogP contribution in [0.1, 0.15) is 47.2 Å². The van der Waals surface area contributed by atoms with E-state index < -0.39 is 0 Å². The molecule has 2 aromatic rings. The van der Waals surface area contributed by atoms with Gasteiger partial charge in [0.2, 0.25) is 5.91 Å². The van der Waals surface area contributed by atoms with Crippen LogP contribution in [-0.2, 0) is 6.42 Å². The third-order valence-corrected chi connectivity index (χ3v) is 4.30. The number of nitrogens with two attached hydrogens (primary N) is 1. The van der Waals surface area contributed by atoms with Crippen molar-refractivity contribution in [1.29, 1.82) is 0 Å². The number of carbonyl (C=O) groups is 1. The van der Waals surface area contributed by atoms with Crippen molar-refractivity contribution in [1.82, 2.24) is 0 Å². The molecule has 1 amide bonds. The summed E-state index contributed by atoms with van der Waals surface area (Å²) in [6.07, 6.45) is 6.05. The summed E-state index contributed by atoms with van der Waals surface area (Å²) in [6.45, 7) is 0. The first-order valence-corrected chi connectivity index (χ1v) is 7.95. The topological polar surface area (TPSA) is 55.1 Å². The minimum Gasteiger partial charge on any atom is -0.382 e. The van der Waals surface area contributed by atoms with E-state index in [0.29, 0.717) is 11.6 Å². The molecule has 1 aliphatic carbocycles. The SMILES string of the molecule is NC(=O)c1cccc(Cc2ccc(NC3CCCC3)cc2)c1. The van der Waals surface area contributed by atoms with E-state index in [4.69, 9.17) is 5.73 Å². The largest absolute Gasteiger partial charge is 0.382 e. The Morgan fingerprint density at radius 3 is 2.45 bits per heavy atom. The van der Waals surface area contributed by atoms with Crippen LogP contribution in [0.25, 0.3) is 0 Å². The van der Waals surface area contributed by atoms with Crippen molar-refractivity contribution in [2.24, 2.45) is 5.73 Å². The number of hydrogen-bond donors (Lipinski definition) is 2. The van der Waals surface area contributed by atoms with E-state index >= 15 is 0 Å². The summed E-state index contributed by atoms with van der Waals surface area (Å²) in [5.41, 5.74) is 9.43. The van der Waals surface area contributed by atoms with Crippen molar-refractivity contribution >= 4 is 11.6 Å². The van der Waals surface area contributed by atoms with Crippen molar-refractivity contribution in [2.45, 2.75) is 38.1 Å². The van der Waals surface area contributed by atoms with E-state index in [0.717, 1.165) is 12.0 Å². The van der Waals surface area contributed by atoms with Gasteiger partial charge in [-0.15, -0.1) is 0 Å². The molecule has 0 bridgehead atoms. The van der Waals surface area contributed by atoms with Crippen LogP contribution < -0.4 is 11.1 Å². The molecular weight excluding hydrogens is 272 g/mol. The van der Waals surface area contributed by atoms with Gasteiger partial charge in [0.05, 0.1) is 0 Å². The highest BCUT2D eigenvalue weighted by Gasteiger charge is 2.14. The van der Waals surface area contributed by atoms with E-state index in [1.54, 1.807) is 6.07 Å². The molecule has 2 aromatic carbocycles. The van der Waals surface area contributed by atoms with Crippen molar-refractivity contribution in [3.05, 3.63) is 65.2 Å². The molecule has 0 aromatic heterocycles. The highest BCUT2D eigenvalue weighted by Crippen LogP contribution is 2.23. The minimum atomic E-state index is -0.377. The Balaban J connectivity index is 1.65. The molecule has 1 saturated carbocycles. The zero-order valence-electron chi connectivity index (χ0n) is 12.7. The zero-order chi connectivity index (χ0) is 15.4. The zero-order valence-corrected chi connectivity index (χ0v) is 12.7. The normalized spacial score (nSPS) is 14.9. The lowest BCUT2D eigenvalue weighted by Gasteiger charge is -2.13. The average Bonchev–Trinajstić information content (AvgIpc) is 3.02. The standard InChI is InChI=1S/C19H22N2O/c20-19(22)16-5-3-4-15(13-16)12-14-8-10-18(11-9-14)21-17-6-1-2-7-17/h3-5,8-11,13,17,21H,1-2,6-7,12H2,(H2,20,22). The molecule has 0 heterocycles. The van der Waals surface area contributed by atoms with Crippen LogP contribution >= 0.6 is 0 Å². The van der Waals surface area contributed by atoms with Crippen LogP contribution in [0.3, 0.4) is 0 Å². The molecule has 3 N–H and O–H groups in total. The molecule has 0 unspecified atom stereocenters. The Kier molecular flexibility index (Phi) is 4.42. The molecule has 114 valence electrons. The summed E-state index contributed by atoms with van der Waals surface area (Å²) >= 11 is 0. The first-order chi connectivity index (χ1) is 10.7. The van der Waals surface area contributed by atoms with Crippen molar-refractivity contribution in [3.63, 3.8) is 0 Å². The van der Waals surface area contributed by atoms with Crippen molar-refractivity contribution < 1.29 is 4.79 Å². The second-order valence-corrected chi connectivity index (χ2v) is 6.06. The molecule has 3 heteroatoms. The summed E-state index contributed by atoms with van der Waals surface area (Å²) in [5, 5.41) is 3.59. The van der Waals surface area contributed by atoms with Gasteiger partial charge in [-0.2, -0.15) is 0 Å². The van der Waals surface area contributed by atoms with Gasteiger partial charge in [0.25, 0.3) is 0 Å². The Morgan fingerprint density at radius 2 is 1.77 bits per heavy atom. The third-order valence-electron chi connectivity index (χ3n) is 4.30. The molecule has 0 radical (unpaired) electrons. The predicted molar refractivity (Wildman–Crippen MR) is 90.1 cm³/mol. The lowest BCUT2D eigenvalue weighted by molar-refractivity contribution is 0.1000. The van der Waals surface area contributed by atoms with Gasteiger partial charge < -0.3 is 11.1 Å². The number of carbonyl (C=O) groups excluding carboxylic acids is 1. The quantitative estimate of drug-likeness (QED) is 0.882. The van der Waals surface area contributed by atoms with Gasteiger partial charge in [-0.05, 0) is 54.7 Å². The molecule has 0 saturated heterocycles. The molecule has 0 aliphatic heterocycles. The monoisotopic (exact) mass is 294 g/mol. The molecular formula is C19H22N2O. The van der Waals surface area contributed by atoms with E-state index in [2.05, 4.69) is 29.6 Å². The fourth-order valence-corrected chi connectivity index (χ4v) is 3.09. The Bertz CT molecular complexity index is 643.